The molecule has 0 fully saturated rings. The van der Waals surface area contributed by atoms with Crippen LogP contribution in [0.4, 0.5) is 0 Å². The second-order valence-corrected chi connectivity index (χ2v) is 3.10. The van der Waals surface area contributed by atoms with Gasteiger partial charge < -0.3 is 10.2 Å². The summed E-state index contributed by atoms with van der Waals surface area (Å²) in [6.45, 7) is 3.82. The summed E-state index contributed by atoms with van der Waals surface area (Å²) in [6, 6.07) is 0. The number of allylic oxidation sites excluding steroid dienone is 1. The first-order chi connectivity index (χ1) is 5.54. The van der Waals surface area contributed by atoms with E-state index in [0.717, 1.165) is 0 Å². The molecule has 0 rings (SSSR count). The van der Waals surface area contributed by atoms with Gasteiger partial charge >= 0.3 is 5.97 Å². The Kier molecular flexibility index (Phi) is 5.37. The molecule has 3 nitrogen and oxygen atoms in total. The molecule has 0 saturated heterocycles. The quantitative estimate of drug-likeness (QED) is 0.617. The second kappa shape index (κ2) is 5.77. The molecule has 0 aromatic rings. The third kappa shape index (κ3) is 5.92. The van der Waals surface area contributed by atoms with E-state index in [-0.39, 0.29) is 12.3 Å². The molecule has 0 aliphatic carbocycles. The highest BCUT2D eigenvalue weighted by molar-refractivity contribution is 5.66. The molecule has 0 amide bonds. The van der Waals surface area contributed by atoms with E-state index >= 15 is 0 Å². The van der Waals surface area contributed by atoms with E-state index in [1.165, 1.54) is 0 Å². The molecule has 2 N–H and O–H groups in total. The zero-order chi connectivity index (χ0) is 9.56. The van der Waals surface area contributed by atoms with Crippen LogP contribution in [0.1, 0.15) is 26.7 Å². The fourth-order valence-corrected chi connectivity index (χ4v) is 0.665. The van der Waals surface area contributed by atoms with E-state index in [4.69, 9.17) is 5.11 Å². The molecule has 0 bridgehead atoms. The van der Waals surface area contributed by atoms with Crippen molar-refractivity contribution in [2.75, 3.05) is 0 Å². The molecule has 0 aliphatic heterocycles. The SMILES string of the molecule is CC(C)C(O)/C=C\CCC(=O)O. The number of hydrogen-bond donors (Lipinski definition) is 2. The maximum atomic E-state index is 10.1. The molecule has 0 radical (unpaired) electrons. The molecular formula is C9H16O3. The van der Waals surface area contributed by atoms with Gasteiger partial charge in [-0.05, 0) is 12.3 Å². The van der Waals surface area contributed by atoms with E-state index in [1.807, 2.05) is 13.8 Å². The summed E-state index contributed by atoms with van der Waals surface area (Å²) in [4.78, 5) is 10.1. The summed E-state index contributed by atoms with van der Waals surface area (Å²) < 4.78 is 0. The molecule has 70 valence electrons. The Morgan fingerprint density at radius 2 is 2.08 bits per heavy atom. The van der Waals surface area contributed by atoms with Crippen molar-refractivity contribution in [2.24, 2.45) is 5.92 Å². The zero-order valence-corrected chi connectivity index (χ0v) is 7.53. The first-order valence-electron chi connectivity index (χ1n) is 4.10. The lowest BCUT2D eigenvalue weighted by Gasteiger charge is -2.07. The van der Waals surface area contributed by atoms with Gasteiger partial charge in [-0.25, -0.2) is 0 Å². The summed E-state index contributed by atoms with van der Waals surface area (Å²) in [5.74, 6) is -0.621. The first kappa shape index (κ1) is 11.2. The van der Waals surface area contributed by atoms with Gasteiger partial charge in [0, 0.05) is 6.42 Å². The summed E-state index contributed by atoms with van der Waals surface area (Å²) in [7, 11) is 0. The Hall–Kier alpha value is -0.830. The number of aliphatic hydroxyl groups excluding tert-OH is 1. The Labute approximate surface area is 72.7 Å². The van der Waals surface area contributed by atoms with Crippen molar-refractivity contribution in [3.8, 4) is 0 Å². The molecule has 0 spiro atoms. The third-order valence-electron chi connectivity index (χ3n) is 1.54. The van der Waals surface area contributed by atoms with Crippen molar-refractivity contribution in [2.45, 2.75) is 32.8 Å². The monoisotopic (exact) mass is 172 g/mol. The van der Waals surface area contributed by atoms with Gasteiger partial charge in [0.1, 0.15) is 0 Å². The summed E-state index contributed by atoms with van der Waals surface area (Å²) in [5.41, 5.74) is 0. The Balaban J connectivity index is 3.55. The van der Waals surface area contributed by atoms with Crippen molar-refractivity contribution >= 4 is 5.97 Å². The molecule has 3 heteroatoms. The normalized spacial score (nSPS) is 14.0. The maximum absolute atomic E-state index is 10.1. The minimum atomic E-state index is -0.807. The van der Waals surface area contributed by atoms with Crippen molar-refractivity contribution in [1.82, 2.24) is 0 Å². The lowest BCUT2D eigenvalue weighted by atomic mass is 10.1. The van der Waals surface area contributed by atoms with Crippen molar-refractivity contribution in [1.29, 1.82) is 0 Å². The predicted molar refractivity (Wildman–Crippen MR) is 46.9 cm³/mol. The van der Waals surface area contributed by atoms with Gasteiger partial charge in [-0.2, -0.15) is 0 Å². The van der Waals surface area contributed by atoms with Gasteiger partial charge in [0.15, 0.2) is 0 Å². The second-order valence-electron chi connectivity index (χ2n) is 3.10. The van der Waals surface area contributed by atoms with Gasteiger partial charge in [-0.15, -0.1) is 0 Å². The van der Waals surface area contributed by atoms with E-state index in [1.54, 1.807) is 12.2 Å². The molecule has 0 aromatic carbocycles. The van der Waals surface area contributed by atoms with Crippen LogP contribution in [0.25, 0.3) is 0 Å². The average Bonchev–Trinajstić information content (AvgIpc) is 1.97. The van der Waals surface area contributed by atoms with E-state index in [9.17, 15) is 9.90 Å². The fraction of sp³-hybridized carbons (Fsp3) is 0.667. The number of carbonyl (C=O) groups is 1. The number of aliphatic hydroxyl groups is 1. The van der Waals surface area contributed by atoms with Crippen LogP contribution in [0.15, 0.2) is 12.2 Å². The van der Waals surface area contributed by atoms with Gasteiger partial charge in [-0.3, -0.25) is 4.79 Å². The molecular weight excluding hydrogens is 156 g/mol. The van der Waals surface area contributed by atoms with E-state index in [2.05, 4.69) is 0 Å². The van der Waals surface area contributed by atoms with Crippen molar-refractivity contribution in [3.05, 3.63) is 12.2 Å². The predicted octanol–water partition coefficient (Wildman–Crippen LogP) is 1.42. The van der Waals surface area contributed by atoms with Crippen LogP contribution in [0, 0.1) is 5.92 Å². The Morgan fingerprint density at radius 1 is 1.50 bits per heavy atom. The third-order valence-corrected chi connectivity index (χ3v) is 1.54. The van der Waals surface area contributed by atoms with E-state index < -0.39 is 12.1 Å². The smallest absolute Gasteiger partial charge is 0.303 e. The van der Waals surface area contributed by atoms with Gasteiger partial charge in [0.05, 0.1) is 6.10 Å². The van der Waals surface area contributed by atoms with Crippen LogP contribution in [0.5, 0.6) is 0 Å². The number of carboxylic acid groups (broad SMARTS) is 1. The molecule has 1 unspecified atom stereocenters. The highest BCUT2D eigenvalue weighted by atomic mass is 16.4. The lowest BCUT2D eigenvalue weighted by Crippen LogP contribution is -2.10. The topological polar surface area (TPSA) is 57.5 Å². The zero-order valence-electron chi connectivity index (χ0n) is 7.53. The number of carboxylic acids is 1. The largest absolute Gasteiger partial charge is 0.481 e. The standard InChI is InChI=1S/C9H16O3/c1-7(2)8(10)5-3-4-6-9(11)12/h3,5,7-8,10H,4,6H2,1-2H3,(H,11,12)/b5-3-. The molecule has 0 aliphatic rings. The molecule has 0 heterocycles. The minimum absolute atomic E-state index is 0.126. The molecule has 1 atom stereocenters. The summed E-state index contributed by atoms with van der Waals surface area (Å²) in [5, 5.41) is 17.5. The molecule has 0 aromatic heterocycles. The van der Waals surface area contributed by atoms with Gasteiger partial charge in [0.25, 0.3) is 0 Å². The van der Waals surface area contributed by atoms with Crippen molar-refractivity contribution in [3.63, 3.8) is 0 Å². The van der Waals surface area contributed by atoms with Crippen LogP contribution < -0.4 is 0 Å². The number of aliphatic carboxylic acids is 1. The average molecular weight is 172 g/mol. The Morgan fingerprint density at radius 3 is 2.50 bits per heavy atom. The summed E-state index contributed by atoms with van der Waals surface area (Å²) in [6.07, 6.45) is 3.51. The summed E-state index contributed by atoms with van der Waals surface area (Å²) >= 11 is 0. The van der Waals surface area contributed by atoms with Crippen LogP contribution in [-0.4, -0.2) is 22.3 Å². The van der Waals surface area contributed by atoms with E-state index in [0.29, 0.717) is 6.42 Å². The van der Waals surface area contributed by atoms with Crippen LogP contribution in [-0.2, 0) is 4.79 Å². The highest BCUT2D eigenvalue weighted by Crippen LogP contribution is 2.03. The van der Waals surface area contributed by atoms with Crippen molar-refractivity contribution < 1.29 is 15.0 Å². The lowest BCUT2D eigenvalue weighted by molar-refractivity contribution is -0.136. The van der Waals surface area contributed by atoms with Gasteiger partial charge in [-0.1, -0.05) is 26.0 Å². The van der Waals surface area contributed by atoms with Gasteiger partial charge in [0.2, 0.25) is 0 Å². The Bertz CT molecular complexity index is 161. The highest BCUT2D eigenvalue weighted by Gasteiger charge is 2.03. The van der Waals surface area contributed by atoms with Crippen LogP contribution in [0.3, 0.4) is 0 Å². The molecule has 0 saturated carbocycles. The fourth-order valence-electron chi connectivity index (χ4n) is 0.665. The minimum Gasteiger partial charge on any atom is -0.481 e. The first-order valence-corrected chi connectivity index (χ1v) is 4.10. The van der Waals surface area contributed by atoms with Crippen LogP contribution in [0.2, 0.25) is 0 Å². The number of hydrogen-bond acceptors (Lipinski definition) is 2. The maximum Gasteiger partial charge on any atom is 0.303 e. The van der Waals surface area contributed by atoms with Crippen LogP contribution >= 0.6 is 0 Å². The molecule has 12 heavy (non-hydrogen) atoms. The number of rotatable bonds is 5.